The van der Waals surface area contributed by atoms with Crippen LogP contribution in [0.15, 0.2) is 0 Å². The van der Waals surface area contributed by atoms with E-state index in [1.165, 1.54) is 45.4 Å². The fourth-order valence-corrected chi connectivity index (χ4v) is 4.71. The summed E-state index contributed by atoms with van der Waals surface area (Å²) >= 11 is 0. The standard InChI is InChI=1S/C14H26N2.2ClH/c1-13(2)11-4-5-14(13,3)12(10-11)16-8-6-15-7-9-16;;/h11-12,15H,4-10H2,1-3H3;2*1H/p-2. The SMILES string of the molecule is CC1(C)C2CCC1(C)C(N1CCNCC1)C2.[Cl-].[Cl-]. The van der Waals surface area contributed by atoms with Gasteiger partial charge in [-0.2, -0.15) is 0 Å². The van der Waals surface area contributed by atoms with E-state index in [0.29, 0.717) is 10.8 Å². The highest BCUT2D eigenvalue weighted by Crippen LogP contribution is 2.66. The van der Waals surface area contributed by atoms with Gasteiger partial charge >= 0.3 is 0 Å². The zero-order valence-electron chi connectivity index (χ0n) is 11.8. The Kier molecular flexibility index (Phi) is 5.03. The molecule has 18 heavy (non-hydrogen) atoms. The van der Waals surface area contributed by atoms with Gasteiger partial charge in [-0.3, -0.25) is 4.90 Å². The van der Waals surface area contributed by atoms with Crippen molar-refractivity contribution >= 4 is 0 Å². The number of fused-ring (bicyclic) bond motifs is 2. The summed E-state index contributed by atoms with van der Waals surface area (Å²) in [5.74, 6) is 0.984. The molecule has 3 aliphatic rings. The van der Waals surface area contributed by atoms with E-state index in [1.807, 2.05) is 0 Å². The summed E-state index contributed by atoms with van der Waals surface area (Å²) in [5.41, 5.74) is 1.15. The van der Waals surface area contributed by atoms with Crippen LogP contribution >= 0.6 is 0 Å². The Balaban J connectivity index is 0.000000810. The second-order valence-corrected chi connectivity index (χ2v) is 6.91. The van der Waals surface area contributed by atoms with Gasteiger partial charge in [0.1, 0.15) is 0 Å². The fraction of sp³-hybridized carbons (Fsp3) is 1.00. The van der Waals surface area contributed by atoms with Gasteiger partial charge < -0.3 is 30.1 Å². The highest BCUT2D eigenvalue weighted by atomic mass is 35.5. The lowest BCUT2D eigenvalue weighted by Crippen LogP contribution is -3.00. The Morgan fingerprint density at radius 1 is 1.06 bits per heavy atom. The first-order valence-electron chi connectivity index (χ1n) is 7.00. The molecule has 4 heteroatoms. The van der Waals surface area contributed by atoms with Crippen LogP contribution < -0.4 is 30.1 Å². The number of rotatable bonds is 1. The van der Waals surface area contributed by atoms with Crippen molar-refractivity contribution in [3.8, 4) is 0 Å². The van der Waals surface area contributed by atoms with Crippen molar-refractivity contribution in [2.24, 2.45) is 16.7 Å². The number of hydrogen-bond donors (Lipinski definition) is 1. The third kappa shape index (κ3) is 2.09. The van der Waals surface area contributed by atoms with Gasteiger partial charge in [-0.15, -0.1) is 0 Å². The van der Waals surface area contributed by atoms with Gasteiger partial charge in [-0.05, 0) is 36.0 Å². The van der Waals surface area contributed by atoms with Crippen molar-refractivity contribution in [2.75, 3.05) is 26.2 Å². The summed E-state index contributed by atoms with van der Waals surface area (Å²) in [5, 5.41) is 3.47. The minimum atomic E-state index is 0. The molecule has 2 aliphatic carbocycles. The van der Waals surface area contributed by atoms with E-state index in [1.54, 1.807) is 0 Å². The Bertz CT molecular complexity index is 290. The quantitative estimate of drug-likeness (QED) is 0.532. The van der Waals surface area contributed by atoms with Crippen LogP contribution in [-0.2, 0) is 0 Å². The summed E-state index contributed by atoms with van der Waals surface area (Å²) in [6, 6.07) is 0.864. The molecule has 3 atom stereocenters. The number of nitrogens with one attached hydrogen (secondary N) is 1. The van der Waals surface area contributed by atoms with Crippen molar-refractivity contribution in [3.05, 3.63) is 0 Å². The van der Waals surface area contributed by atoms with E-state index in [4.69, 9.17) is 0 Å². The maximum Gasteiger partial charge on any atom is 0.0158 e. The Morgan fingerprint density at radius 2 is 1.67 bits per heavy atom. The largest absolute Gasteiger partial charge is 1.00 e. The minimum Gasteiger partial charge on any atom is -1.00 e. The molecule has 3 rings (SSSR count). The molecule has 0 aromatic carbocycles. The summed E-state index contributed by atoms with van der Waals surface area (Å²) in [7, 11) is 0. The number of piperazine rings is 1. The zero-order valence-corrected chi connectivity index (χ0v) is 13.3. The fourth-order valence-electron chi connectivity index (χ4n) is 4.71. The van der Waals surface area contributed by atoms with Crippen LogP contribution in [0.5, 0.6) is 0 Å². The summed E-state index contributed by atoms with van der Waals surface area (Å²) < 4.78 is 0. The van der Waals surface area contributed by atoms with E-state index in [9.17, 15) is 0 Å². The minimum absolute atomic E-state index is 0. The van der Waals surface area contributed by atoms with Crippen LogP contribution in [0.2, 0.25) is 0 Å². The van der Waals surface area contributed by atoms with Crippen LogP contribution in [0.3, 0.4) is 0 Å². The molecule has 0 spiro atoms. The molecule has 1 saturated heterocycles. The molecule has 1 aliphatic heterocycles. The van der Waals surface area contributed by atoms with Gasteiger partial charge in [0.15, 0.2) is 0 Å². The molecule has 1 heterocycles. The van der Waals surface area contributed by atoms with E-state index < -0.39 is 0 Å². The lowest BCUT2D eigenvalue weighted by Gasteiger charge is -2.46. The number of hydrogen-bond acceptors (Lipinski definition) is 2. The molecule has 1 N–H and O–H groups in total. The maximum absolute atomic E-state index is 3.47. The first-order valence-corrected chi connectivity index (χ1v) is 7.00. The number of nitrogens with zero attached hydrogens (tertiary/aromatic N) is 1. The van der Waals surface area contributed by atoms with Crippen molar-refractivity contribution < 1.29 is 24.8 Å². The van der Waals surface area contributed by atoms with Crippen LogP contribution in [0.1, 0.15) is 40.0 Å². The van der Waals surface area contributed by atoms with Crippen LogP contribution in [0, 0.1) is 16.7 Å². The smallest absolute Gasteiger partial charge is 0.0158 e. The highest BCUT2D eigenvalue weighted by Gasteiger charge is 2.62. The third-order valence-corrected chi connectivity index (χ3v) is 6.34. The predicted octanol–water partition coefficient (Wildman–Crippen LogP) is -3.89. The molecule has 3 unspecified atom stereocenters. The predicted molar refractivity (Wildman–Crippen MR) is 67.5 cm³/mol. The van der Waals surface area contributed by atoms with Gasteiger partial charge in [0.05, 0.1) is 0 Å². The number of halogens is 2. The average Bonchev–Trinajstić information content (AvgIpc) is 2.62. The summed E-state index contributed by atoms with van der Waals surface area (Å²) in [4.78, 5) is 2.78. The second-order valence-electron chi connectivity index (χ2n) is 6.91. The third-order valence-electron chi connectivity index (χ3n) is 6.34. The van der Waals surface area contributed by atoms with Crippen molar-refractivity contribution in [3.63, 3.8) is 0 Å². The van der Waals surface area contributed by atoms with Gasteiger partial charge in [-0.25, -0.2) is 0 Å². The Hall–Kier alpha value is 0.500. The monoisotopic (exact) mass is 292 g/mol. The van der Waals surface area contributed by atoms with Crippen LogP contribution in [-0.4, -0.2) is 37.1 Å². The molecular formula is C14H26Cl2N2-2. The first kappa shape index (κ1) is 16.6. The first-order chi connectivity index (χ1) is 7.56. The lowest BCUT2D eigenvalue weighted by molar-refractivity contribution is -0.001000. The molecule has 2 bridgehead atoms. The van der Waals surface area contributed by atoms with Gasteiger partial charge in [-0.1, -0.05) is 20.8 Å². The van der Waals surface area contributed by atoms with E-state index in [-0.39, 0.29) is 24.8 Å². The van der Waals surface area contributed by atoms with E-state index >= 15 is 0 Å². The molecule has 0 aromatic rings. The molecule has 0 aromatic heterocycles. The van der Waals surface area contributed by atoms with Crippen molar-refractivity contribution in [1.29, 1.82) is 0 Å². The molecule has 2 nitrogen and oxygen atoms in total. The lowest BCUT2D eigenvalue weighted by atomic mass is 9.68. The van der Waals surface area contributed by atoms with Crippen LogP contribution in [0.4, 0.5) is 0 Å². The molecule has 3 fully saturated rings. The maximum atomic E-state index is 3.47. The summed E-state index contributed by atoms with van der Waals surface area (Å²) in [6.07, 6.45) is 4.40. The van der Waals surface area contributed by atoms with Crippen molar-refractivity contribution in [2.45, 2.75) is 46.1 Å². The van der Waals surface area contributed by atoms with Gasteiger partial charge in [0.25, 0.3) is 0 Å². The Labute approximate surface area is 124 Å². The normalized spacial score (nSPS) is 42.2. The topological polar surface area (TPSA) is 15.3 Å². The Morgan fingerprint density at radius 3 is 2.11 bits per heavy atom. The molecular weight excluding hydrogens is 267 g/mol. The van der Waals surface area contributed by atoms with Gasteiger partial charge in [0.2, 0.25) is 0 Å². The average molecular weight is 293 g/mol. The molecule has 2 saturated carbocycles. The molecule has 0 amide bonds. The molecule has 108 valence electrons. The second kappa shape index (κ2) is 5.47. The van der Waals surface area contributed by atoms with E-state index in [0.717, 1.165) is 12.0 Å². The highest BCUT2D eigenvalue weighted by molar-refractivity contribution is 5.13. The van der Waals surface area contributed by atoms with Gasteiger partial charge in [0, 0.05) is 32.2 Å². The zero-order chi connectivity index (χ0) is 11.4. The van der Waals surface area contributed by atoms with E-state index in [2.05, 4.69) is 31.0 Å². The molecule has 0 radical (unpaired) electrons. The van der Waals surface area contributed by atoms with Crippen LogP contribution in [0.25, 0.3) is 0 Å². The van der Waals surface area contributed by atoms with Crippen molar-refractivity contribution in [1.82, 2.24) is 10.2 Å². The summed E-state index contributed by atoms with van der Waals surface area (Å²) in [6.45, 7) is 12.5.